The van der Waals surface area contributed by atoms with Crippen LogP contribution >= 0.6 is 27.3 Å². The quantitative estimate of drug-likeness (QED) is 0.817. The number of hydrogen-bond donors (Lipinski definition) is 0. The molecule has 0 radical (unpaired) electrons. The zero-order valence-corrected chi connectivity index (χ0v) is 12.0. The summed E-state index contributed by atoms with van der Waals surface area (Å²) in [6.45, 7) is 6.31. The number of rotatable bonds is 2. The molecule has 16 heavy (non-hydrogen) atoms. The average molecular weight is 302 g/mol. The van der Waals surface area contributed by atoms with E-state index >= 15 is 0 Å². The molecule has 0 aliphatic carbocycles. The molecule has 1 aliphatic heterocycles. The van der Waals surface area contributed by atoms with E-state index in [4.69, 9.17) is 0 Å². The highest BCUT2D eigenvalue weighted by atomic mass is 79.9. The first-order chi connectivity index (χ1) is 7.58. The summed E-state index contributed by atoms with van der Waals surface area (Å²) in [7, 11) is 0. The van der Waals surface area contributed by atoms with Gasteiger partial charge in [-0.2, -0.15) is 0 Å². The molecule has 1 aromatic rings. The van der Waals surface area contributed by atoms with Crippen molar-refractivity contribution in [2.24, 2.45) is 11.8 Å². The summed E-state index contributed by atoms with van der Waals surface area (Å²) < 4.78 is 1.02. The van der Waals surface area contributed by atoms with Gasteiger partial charge in [0.15, 0.2) is 0 Å². The molecule has 0 saturated carbocycles. The Kier molecular flexibility index (Phi) is 3.70. The Hall–Kier alpha value is -0.350. The minimum atomic E-state index is 0.193. The van der Waals surface area contributed by atoms with Crippen molar-refractivity contribution in [2.45, 2.75) is 20.3 Å². The highest BCUT2D eigenvalue weighted by Crippen LogP contribution is 2.28. The number of amides is 1. The average Bonchev–Trinajstić information content (AvgIpc) is 2.84. The van der Waals surface area contributed by atoms with Crippen LogP contribution < -0.4 is 0 Å². The molecule has 0 spiro atoms. The van der Waals surface area contributed by atoms with Gasteiger partial charge in [-0.25, -0.2) is 0 Å². The van der Waals surface area contributed by atoms with Gasteiger partial charge < -0.3 is 4.90 Å². The van der Waals surface area contributed by atoms with Crippen molar-refractivity contribution in [1.82, 2.24) is 4.90 Å². The zero-order valence-electron chi connectivity index (χ0n) is 9.57. The fourth-order valence-electron chi connectivity index (χ4n) is 2.10. The molecule has 1 aromatic heterocycles. The third kappa shape index (κ3) is 2.48. The van der Waals surface area contributed by atoms with E-state index < -0.39 is 0 Å². The number of carbonyl (C=O) groups excluding carboxylic acids is 1. The van der Waals surface area contributed by atoms with Crippen molar-refractivity contribution in [3.05, 3.63) is 20.8 Å². The predicted molar refractivity (Wildman–Crippen MR) is 70.9 cm³/mol. The van der Waals surface area contributed by atoms with E-state index in [1.54, 1.807) is 0 Å². The van der Waals surface area contributed by atoms with E-state index in [2.05, 4.69) is 29.8 Å². The van der Waals surface area contributed by atoms with Crippen LogP contribution in [0.25, 0.3) is 0 Å². The molecule has 2 heterocycles. The maximum atomic E-state index is 12.1. The largest absolute Gasteiger partial charge is 0.338 e. The van der Waals surface area contributed by atoms with E-state index in [1.807, 2.05) is 17.0 Å². The molecule has 2 rings (SSSR count). The van der Waals surface area contributed by atoms with Gasteiger partial charge in [-0.15, -0.1) is 11.3 Å². The molecular weight excluding hydrogens is 286 g/mol. The summed E-state index contributed by atoms with van der Waals surface area (Å²) in [5.74, 6) is 1.54. The maximum Gasteiger partial charge on any atom is 0.263 e. The summed E-state index contributed by atoms with van der Waals surface area (Å²) in [6, 6.07) is 3.84. The highest BCUT2D eigenvalue weighted by Gasteiger charge is 2.29. The fraction of sp³-hybridized carbons (Fsp3) is 0.583. The first-order valence-electron chi connectivity index (χ1n) is 5.62. The smallest absolute Gasteiger partial charge is 0.263 e. The topological polar surface area (TPSA) is 20.3 Å². The van der Waals surface area contributed by atoms with E-state index in [1.165, 1.54) is 11.3 Å². The number of carbonyl (C=O) groups is 1. The van der Waals surface area contributed by atoms with Crippen LogP contribution in [0.1, 0.15) is 29.9 Å². The molecule has 0 aromatic carbocycles. The number of nitrogens with zero attached hydrogens (tertiary/aromatic N) is 1. The lowest BCUT2D eigenvalue weighted by Crippen LogP contribution is -2.28. The Labute approximate surface area is 109 Å². The van der Waals surface area contributed by atoms with Gasteiger partial charge in [0.25, 0.3) is 5.91 Å². The molecular formula is C12H16BrNOS. The molecule has 1 aliphatic rings. The van der Waals surface area contributed by atoms with Crippen molar-refractivity contribution in [3.8, 4) is 0 Å². The first kappa shape index (κ1) is 12.1. The van der Waals surface area contributed by atoms with Crippen LogP contribution in [-0.2, 0) is 0 Å². The summed E-state index contributed by atoms with van der Waals surface area (Å²) >= 11 is 4.91. The van der Waals surface area contributed by atoms with Crippen LogP contribution in [0.5, 0.6) is 0 Å². The van der Waals surface area contributed by atoms with Crippen LogP contribution in [0.3, 0.4) is 0 Å². The van der Waals surface area contributed by atoms with Crippen LogP contribution in [-0.4, -0.2) is 23.9 Å². The van der Waals surface area contributed by atoms with Gasteiger partial charge in [-0.05, 0) is 46.3 Å². The molecule has 88 valence electrons. The molecule has 2 nitrogen and oxygen atoms in total. The molecule has 1 fully saturated rings. The van der Waals surface area contributed by atoms with Crippen molar-refractivity contribution < 1.29 is 4.79 Å². The monoisotopic (exact) mass is 301 g/mol. The van der Waals surface area contributed by atoms with Gasteiger partial charge >= 0.3 is 0 Å². The molecule has 0 bridgehead atoms. The van der Waals surface area contributed by atoms with E-state index in [-0.39, 0.29) is 5.91 Å². The molecule has 4 heteroatoms. The zero-order chi connectivity index (χ0) is 11.7. The van der Waals surface area contributed by atoms with Gasteiger partial charge in [0.1, 0.15) is 0 Å². The van der Waals surface area contributed by atoms with Crippen molar-refractivity contribution in [1.29, 1.82) is 0 Å². The normalized spacial score (nSPS) is 20.8. The predicted octanol–water partition coefficient (Wildman–Crippen LogP) is 3.63. The number of hydrogen-bond acceptors (Lipinski definition) is 2. The van der Waals surface area contributed by atoms with Crippen molar-refractivity contribution >= 4 is 33.2 Å². The van der Waals surface area contributed by atoms with Crippen LogP contribution in [0, 0.1) is 11.8 Å². The molecule has 1 unspecified atom stereocenters. The summed E-state index contributed by atoms with van der Waals surface area (Å²) in [5, 5.41) is 0. The minimum Gasteiger partial charge on any atom is -0.338 e. The van der Waals surface area contributed by atoms with Gasteiger partial charge in [0.05, 0.1) is 8.66 Å². The molecule has 1 atom stereocenters. The van der Waals surface area contributed by atoms with Crippen molar-refractivity contribution in [2.75, 3.05) is 13.1 Å². The third-order valence-electron chi connectivity index (χ3n) is 3.24. The Bertz CT molecular complexity index is 388. The summed E-state index contributed by atoms with van der Waals surface area (Å²) in [5.41, 5.74) is 0. The minimum absolute atomic E-state index is 0.193. The lowest BCUT2D eigenvalue weighted by Gasteiger charge is -2.17. The second-order valence-electron chi connectivity index (χ2n) is 4.65. The lowest BCUT2D eigenvalue weighted by atomic mass is 9.95. The fourth-order valence-corrected chi connectivity index (χ4v) is 3.45. The summed E-state index contributed by atoms with van der Waals surface area (Å²) in [6.07, 6.45) is 1.15. The van der Waals surface area contributed by atoms with Crippen LogP contribution in [0.4, 0.5) is 0 Å². The second kappa shape index (κ2) is 4.88. The lowest BCUT2D eigenvalue weighted by molar-refractivity contribution is 0.0789. The molecule has 1 saturated heterocycles. The maximum absolute atomic E-state index is 12.1. The highest BCUT2D eigenvalue weighted by molar-refractivity contribution is 9.11. The van der Waals surface area contributed by atoms with E-state index in [9.17, 15) is 4.79 Å². The van der Waals surface area contributed by atoms with E-state index in [0.29, 0.717) is 11.8 Å². The molecule has 1 amide bonds. The SMILES string of the molecule is CC(C)C1CCN(C(=O)c2ccc(Br)s2)C1. The number of likely N-dealkylation sites (tertiary alicyclic amines) is 1. The second-order valence-corrected chi connectivity index (χ2v) is 7.11. The molecule has 0 N–H and O–H groups in total. The van der Waals surface area contributed by atoms with Gasteiger partial charge in [-0.3, -0.25) is 4.79 Å². The van der Waals surface area contributed by atoms with Gasteiger partial charge in [0.2, 0.25) is 0 Å². The van der Waals surface area contributed by atoms with Gasteiger partial charge in [0, 0.05) is 13.1 Å². The Balaban J connectivity index is 2.02. The van der Waals surface area contributed by atoms with Crippen LogP contribution in [0.15, 0.2) is 15.9 Å². The number of thiophene rings is 1. The Morgan fingerprint density at radius 3 is 2.81 bits per heavy atom. The van der Waals surface area contributed by atoms with Crippen molar-refractivity contribution in [3.63, 3.8) is 0 Å². The Morgan fingerprint density at radius 1 is 1.56 bits per heavy atom. The third-order valence-corrected chi connectivity index (χ3v) is 4.85. The van der Waals surface area contributed by atoms with Gasteiger partial charge in [-0.1, -0.05) is 13.8 Å². The Morgan fingerprint density at radius 2 is 2.31 bits per heavy atom. The number of halogens is 1. The standard InChI is InChI=1S/C12H16BrNOS/c1-8(2)9-5-6-14(7-9)12(15)10-3-4-11(13)16-10/h3-4,8-9H,5-7H2,1-2H3. The summed E-state index contributed by atoms with van der Waals surface area (Å²) in [4.78, 5) is 15.0. The van der Waals surface area contributed by atoms with Crippen LogP contribution in [0.2, 0.25) is 0 Å². The first-order valence-corrected chi connectivity index (χ1v) is 7.23. The van der Waals surface area contributed by atoms with E-state index in [0.717, 1.165) is 28.2 Å².